The highest BCUT2D eigenvalue weighted by atomic mass is 79.9. The van der Waals surface area contributed by atoms with E-state index >= 15 is 0 Å². The fourth-order valence-corrected chi connectivity index (χ4v) is 3.40. The van der Waals surface area contributed by atoms with Gasteiger partial charge in [0.15, 0.2) is 0 Å². The first-order valence-corrected chi connectivity index (χ1v) is 8.55. The number of benzene rings is 2. The maximum atomic E-state index is 6.24. The molecule has 1 aliphatic rings. The lowest BCUT2D eigenvalue weighted by Gasteiger charge is -2.32. The molecule has 23 heavy (non-hydrogen) atoms. The van der Waals surface area contributed by atoms with Crippen molar-refractivity contribution in [3.63, 3.8) is 0 Å². The molecule has 1 aromatic heterocycles. The average Bonchev–Trinajstić information content (AvgIpc) is 2.96. The monoisotopic (exact) mass is 372 g/mol. The molecule has 0 atom stereocenters. The van der Waals surface area contributed by atoms with E-state index in [2.05, 4.69) is 55.8 Å². The third-order valence-electron chi connectivity index (χ3n) is 5.02. The minimum absolute atomic E-state index is 0.364. The number of hydrogen-bond acceptors (Lipinski definition) is 3. The van der Waals surface area contributed by atoms with Crippen LogP contribution in [0.3, 0.4) is 0 Å². The highest BCUT2D eigenvalue weighted by Gasteiger charge is 2.52. The molecule has 0 bridgehead atoms. The SMILES string of the molecule is CC1(C)OB(c2ccc(Br)c3oc4ccccc4c23)OC1(C)C. The van der Waals surface area contributed by atoms with Crippen LogP contribution in [0.2, 0.25) is 0 Å². The van der Waals surface area contributed by atoms with Gasteiger partial charge in [-0.05, 0) is 61.2 Å². The fourth-order valence-electron chi connectivity index (χ4n) is 2.99. The Labute approximate surface area is 144 Å². The molecule has 1 fully saturated rings. The molecular weight excluding hydrogens is 355 g/mol. The second-order valence-electron chi connectivity index (χ2n) is 7.03. The number of furan rings is 1. The van der Waals surface area contributed by atoms with Gasteiger partial charge in [-0.1, -0.05) is 24.3 Å². The van der Waals surface area contributed by atoms with Gasteiger partial charge in [-0.3, -0.25) is 0 Å². The molecule has 3 aromatic rings. The zero-order valence-electron chi connectivity index (χ0n) is 13.6. The first-order valence-electron chi connectivity index (χ1n) is 7.75. The number of para-hydroxylation sites is 1. The molecule has 4 rings (SSSR count). The van der Waals surface area contributed by atoms with Crippen LogP contribution >= 0.6 is 15.9 Å². The van der Waals surface area contributed by atoms with Gasteiger partial charge in [0.05, 0.1) is 15.7 Å². The lowest BCUT2D eigenvalue weighted by molar-refractivity contribution is 0.00578. The van der Waals surface area contributed by atoms with Crippen LogP contribution in [0, 0.1) is 0 Å². The summed E-state index contributed by atoms with van der Waals surface area (Å²) in [7, 11) is -0.406. The molecule has 0 aliphatic carbocycles. The van der Waals surface area contributed by atoms with Crippen LogP contribution in [0.25, 0.3) is 21.9 Å². The first-order chi connectivity index (χ1) is 10.8. The van der Waals surface area contributed by atoms with Crippen molar-refractivity contribution in [2.24, 2.45) is 0 Å². The molecule has 1 saturated heterocycles. The number of halogens is 1. The lowest BCUT2D eigenvalue weighted by atomic mass is 9.76. The molecule has 0 saturated carbocycles. The van der Waals surface area contributed by atoms with Crippen LogP contribution in [0.5, 0.6) is 0 Å². The molecule has 3 nitrogen and oxygen atoms in total. The van der Waals surface area contributed by atoms with E-state index in [0.717, 1.165) is 31.9 Å². The van der Waals surface area contributed by atoms with Gasteiger partial charge in [-0.2, -0.15) is 0 Å². The normalized spacial score (nSPS) is 19.8. The number of fused-ring (bicyclic) bond motifs is 3. The van der Waals surface area contributed by atoms with Gasteiger partial charge in [0, 0.05) is 10.8 Å². The average molecular weight is 373 g/mol. The summed E-state index contributed by atoms with van der Waals surface area (Å²) in [6.07, 6.45) is 0. The molecule has 118 valence electrons. The summed E-state index contributed by atoms with van der Waals surface area (Å²) in [5.41, 5.74) is 1.98. The highest BCUT2D eigenvalue weighted by Crippen LogP contribution is 2.39. The fraction of sp³-hybridized carbons (Fsp3) is 0.333. The van der Waals surface area contributed by atoms with Crippen molar-refractivity contribution in [1.82, 2.24) is 0 Å². The third kappa shape index (κ3) is 2.18. The van der Waals surface area contributed by atoms with E-state index in [1.54, 1.807) is 0 Å². The predicted octanol–water partition coefficient (Wildman–Crippen LogP) is 4.65. The smallest absolute Gasteiger partial charge is 0.455 e. The zero-order valence-corrected chi connectivity index (χ0v) is 15.2. The van der Waals surface area contributed by atoms with Crippen LogP contribution in [0.4, 0.5) is 0 Å². The summed E-state index contributed by atoms with van der Waals surface area (Å²) in [5, 5.41) is 2.13. The lowest BCUT2D eigenvalue weighted by Crippen LogP contribution is -2.41. The van der Waals surface area contributed by atoms with Gasteiger partial charge in [0.1, 0.15) is 11.2 Å². The van der Waals surface area contributed by atoms with E-state index in [1.165, 1.54) is 0 Å². The molecule has 2 heterocycles. The summed E-state index contributed by atoms with van der Waals surface area (Å²) < 4.78 is 19.4. The standard InChI is InChI=1S/C18H18BBrO3/c1-17(2)18(3,4)23-19(22-17)12-9-10-13(20)16-15(12)11-7-5-6-8-14(11)21-16/h5-10H,1-4H3. The van der Waals surface area contributed by atoms with Gasteiger partial charge < -0.3 is 13.7 Å². The molecular formula is C18H18BBrO3. The van der Waals surface area contributed by atoms with E-state index in [0.29, 0.717) is 0 Å². The van der Waals surface area contributed by atoms with E-state index in [9.17, 15) is 0 Å². The Hall–Kier alpha value is -1.30. The van der Waals surface area contributed by atoms with Crippen molar-refractivity contribution in [2.75, 3.05) is 0 Å². The van der Waals surface area contributed by atoms with Crippen molar-refractivity contribution in [3.8, 4) is 0 Å². The van der Waals surface area contributed by atoms with Crippen molar-refractivity contribution in [3.05, 3.63) is 40.9 Å². The Morgan fingerprint density at radius 1 is 0.913 bits per heavy atom. The summed E-state index contributed by atoms with van der Waals surface area (Å²) in [6.45, 7) is 8.26. The Morgan fingerprint density at radius 2 is 1.57 bits per heavy atom. The summed E-state index contributed by atoms with van der Waals surface area (Å²) in [4.78, 5) is 0. The largest absolute Gasteiger partial charge is 0.495 e. The Balaban J connectivity index is 1.97. The van der Waals surface area contributed by atoms with Crippen LogP contribution in [-0.2, 0) is 9.31 Å². The van der Waals surface area contributed by atoms with Crippen LogP contribution in [0.15, 0.2) is 45.3 Å². The Kier molecular flexibility index (Phi) is 3.22. The van der Waals surface area contributed by atoms with Crippen LogP contribution < -0.4 is 5.46 Å². The number of rotatable bonds is 1. The minimum atomic E-state index is -0.406. The third-order valence-corrected chi connectivity index (χ3v) is 5.64. The molecule has 5 heteroatoms. The van der Waals surface area contributed by atoms with Crippen molar-refractivity contribution in [1.29, 1.82) is 0 Å². The molecule has 0 amide bonds. The van der Waals surface area contributed by atoms with E-state index in [-0.39, 0.29) is 11.2 Å². The van der Waals surface area contributed by atoms with E-state index in [4.69, 9.17) is 13.7 Å². The van der Waals surface area contributed by atoms with Gasteiger partial charge in [0.2, 0.25) is 0 Å². The molecule has 0 unspecified atom stereocenters. The van der Waals surface area contributed by atoms with Crippen LogP contribution in [0.1, 0.15) is 27.7 Å². The topological polar surface area (TPSA) is 31.6 Å². The second-order valence-corrected chi connectivity index (χ2v) is 7.88. The molecule has 0 radical (unpaired) electrons. The summed E-state index contributed by atoms with van der Waals surface area (Å²) in [6, 6.07) is 12.1. The predicted molar refractivity (Wildman–Crippen MR) is 97.1 cm³/mol. The van der Waals surface area contributed by atoms with Gasteiger partial charge in [-0.15, -0.1) is 0 Å². The first kappa shape index (κ1) is 15.2. The van der Waals surface area contributed by atoms with E-state index < -0.39 is 7.12 Å². The number of hydrogen-bond donors (Lipinski definition) is 0. The highest BCUT2D eigenvalue weighted by molar-refractivity contribution is 9.10. The Morgan fingerprint density at radius 3 is 2.26 bits per heavy atom. The van der Waals surface area contributed by atoms with Gasteiger partial charge in [0.25, 0.3) is 0 Å². The Bertz CT molecular complexity index is 897. The van der Waals surface area contributed by atoms with Gasteiger partial charge in [-0.25, -0.2) is 0 Å². The molecule has 2 aromatic carbocycles. The van der Waals surface area contributed by atoms with E-state index in [1.807, 2.05) is 24.3 Å². The molecule has 1 aliphatic heterocycles. The molecule has 0 N–H and O–H groups in total. The quantitative estimate of drug-likeness (QED) is 0.583. The summed E-state index contributed by atoms with van der Waals surface area (Å²) in [5.74, 6) is 0. The van der Waals surface area contributed by atoms with Crippen molar-refractivity contribution in [2.45, 2.75) is 38.9 Å². The second kappa shape index (κ2) is 4.85. The van der Waals surface area contributed by atoms with Crippen molar-refractivity contribution >= 4 is 50.4 Å². The van der Waals surface area contributed by atoms with Gasteiger partial charge >= 0.3 is 7.12 Å². The van der Waals surface area contributed by atoms with Crippen molar-refractivity contribution < 1.29 is 13.7 Å². The molecule has 0 spiro atoms. The maximum absolute atomic E-state index is 6.24. The van der Waals surface area contributed by atoms with Crippen LogP contribution in [-0.4, -0.2) is 18.3 Å². The zero-order chi connectivity index (χ0) is 16.4. The summed E-state index contributed by atoms with van der Waals surface area (Å²) >= 11 is 3.59. The maximum Gasteiger partial charge on any atom is 0.495 e. The minimum Gasteiger partial charge on any atom is -0.455 e.